The lowest BCUT2D eigenvalue weighted by Crippen LogP contribution is -2.39. The van der Waals surface area contributed by atoms with Gasteiger partial charge < -0.3 is 14.6 Å². The second-order valence-electron chi connectivity index (χ2n) is 4.77. The van der Waals surface area contributed by atoms with E-state index in [1.165, 1.54) is 6.07 Å². The molecule has 0 atom stereocenters. The number of hydrazone groups is 1. The number of furan rings is 1. The van der Waals surface area contributed by atoms with Crippen LogP contribution < -0.4 is 10.7 Å². The number of rotatable bonds is 9. The summed E-state index contributed by atoms with van der Waals surface area (Å²) in [6.45, 7) is 7.21. The highest BCUT2D eigenvalue weighted by molar-refractivity contribution is 6.35. The number of amides is 2. The fourth-order valence-electron chi connectivity index (χ4n) is 1.84. The molecule has 1 rings (SSSR count). The zero-order valence-corrected chi connectivity index (χ0v) is 14.9. The number of carbonyl (C=O) groups excluding carboxylic acids is 2. The van der Waals surface area contributed by atoms with Gasteiger partial charge in [-0.15, -0.1) is 12.4 Å². The van der Waals surface area contributed by atoms with Crippen molar-refractivity contribution in [2.24, 2.45) is 5.10 Å². The first-order valence-electron chi connectivity index (χ1n) is 7.55. The molecule has 25 heavy (non-hydrogen) atoms. The van der Waals surface area contributed by atoms with Crippen LogP contribution in [-0.4, -0.2) is 54.0 Å². The molecule has 0 unspecified atom stereocenters. The van der Waals surface area contributed by atoms with Gasteiger partial charge in [0.25, 0.3) is 0 Å². The van der Waals surface area contributed by atoms with Crippen molar-refractivity contribution in [1.82, 2.24) is 15.6 Å². The molecule has 0 aliphatic heterocycles. The summed E-state index contributed by atoms with van der Waals surface area (Å²) in [4.78, 5) is 35.0. The van der Waals surface area contributed by atoms with Gasteiger partial charge in [0.2, 0.25) is 0 Å². The second-order valence-corrected chi connectivity index (χ2v) is 4.77. The van der Waals surface area contributed by atoms with Crippen LogP contribution in [0.4, 0.5) is 5.88 Å². The first-order valence-corrected chi connectivity index (χ1v) is 7.55. The number of nitrogens with zero attached hydrogens (tertiary/aromatic N) is 3. The predicted molar refractivity (Wildman–Crippen MR) is 93.8 cm³/mol. The van der Waals surface area contributed by atoms with Gasteiger partial charge in [-0.1, -0.05) is 13.8 Å². The third-order valence-electron chi connectivity index (χ3n) is 3.19. The fraction of sp³-hybridized carbons (Fsp3) is 0.500. The molecule has 1 aromatic heterocycles. The van der Waals surface area contributed by atoms with Crippen molar-refractivity contribution in [2.45, 2.75) is 20.3 Å². The third kappa shape index (κ3) is 8.27. The Morgan fingerprint density at radius 3 is 2.56 bits per heavy atom. The van der Waals surface area contributed by atoms with E-state index < -0.39 is 22.6 Å². The molecule has 2 amide bonds. The smallest absolute Gasteiger partial charge is 0.400 e. The van der Waals surface area contributed by atoms with Crippen molar-refractivity contribution in [1.29, 1.82) is 0 Å². The van der Waals surface area contributed by atoms with Gasteiger partial charge in [-0.2, -0.15) is 5.10 Å². The fourth-order valence-corrected chi connectivity index (χ4v) is 1.84. The Morgan fingerprint density at radius 1 is 1.32 bits per heavy atom. The molecule has 1 aromatic rings. The maximum atomic E-state index is 11.5. The van der Waals surface area contributed by atoms with Crippen molar-refractivity contribution in [3.05, 3.63) is 28.0 Å². The molecule has 1 heterocycles. The van der Waals surface area contributed by atoms with Crippen molar-refractivity contribution in [3.63, 3.8) is 0 Å². The molecule has 0 aromatic carbocycles. The summed E-state index contributed by atoms with van der Waals surface area (Å²) in [7, 11) is 0. The number of halogens is 1. The molecular formula is C14H22ClN5O5. The van der Waals surface area contributed by atoms with Crippen LogP contribution in [0.15, 0.2) is 21.7 Å². The lowest BCUT2D eigenvalue weighted by Gasteiger charge is -2.17. The number of hydrogen-bond donors (Lipinski definition) is 2. The predicted octanol–water partition coefficient (Wildman–Crippen LogP) is 0.908. The molecule has 0 saturated carbocycles. The average Bonchev–Trinajstić information content (AvgIpc) is 3.04. The Bertz CT molecular complexity index is 600. The Morgan fingerprint density at radius 2 is 2.00 bits per heavy atom. The summed E-state index contributed by atoms with van der Waals surface area (Å²) in [5.74, 6) is -2.07. The molecule has 0 fully saturated rings. The Labute approximate surface area is 151 Å². The average molecular weight is 376 g/mol. The Hall–Kier alpha value is -2.46. The van der Waals surface area contributed by atoms with Gasteiger partial charge in [-0.3, -0.25) is 19.7 Å². The summed E-state index contributed by atoms with van der Waals surface area (Å²) >= 11 is 0. The topological polar surface area (TPSA) is 130 Å². The van der Waals surface area contributed by atoms with E-state index in [4.69, 9.17) is 4.42 Å². The number of nitrogens with one attached hydrogen (secondary N) is 2. The highest BCUT2D eigenvalue weighted by Gasteiger charge is 2.13. The summed E-state index contributed by atoms with van der Waals surface area (Å²) < 4.78 is 4.81. The normalized spacial score (nSPS) is 10.5. The minimum Gasteiger partial charge on any atom is -0.400 e. The summed E-state index contributed by atoms with van der Waals surface area (Å²) in [6.07, 6.45) is 1.80. The van der Waals surface area contributed by atoms with Gasteiger partial charge in [0.1, 0.15) is 4.92 Å². The quantitative estimate of drug-likeness (QED) is 0.217. The van der Waals surface area contributed by atoms with Crippen LogP contribution in [0.25, 0.3) is 0 Å². The minimum absolute atomic E-state index is 0. The molecule has 140 valence electrons. The standard InChI is InChI=1S/C14H21N5O5.ClH/c1-3-18(4-2)9-5-8-15-13(20)14(21)17-16-10-11-6-7-12(24-11)19(22)23;/h6-7,10H,3-5,8-9H2,1-2H3,(H,15,20)(H,17,21);1H/b16-10-;. The number of nitro groups is 1. The monoisotopic (exact) mass is 375 g/mol. The second kappa shape index (κ2) is 12.0. The molecular weight excluding hydrogens is 354 g/mol. The van der Waals surface area contributed by atoms with E-state index in [-0.39, 0.29) is 18.2 Å². The van der Waals surface area contributed by atoms with E-state index >= 15 is 0 Å². The highest BCUT2D eigenvalue weighted by Crippen LogP contribution is 2.13. The van der Waals surface area contributed by atoms with Crippen LogP contribution in [0.5, 0.6) is 0 Å². The molecule has 2 N–H and O–H groups in total. The van der Waals surface area contributed by atoms with Crippen LogP contribution in [-0.2, 0) is 9.59 Å². The van der Waals surface area contributed by atoms with Crippen LogP contribution in [0.3, 0.4) is 0 Å². The van der Waals surface area contributed by atoms with Gasteiger partial charge in [0, 0.05) is 6.54 Å². The molecule has 0 spiro atoms. The summed E-state index contributed by atoms with van der Waals surface area (Å²) in [5, 5.41) is 16.4. The zero-order chi connectivity index (χ0) is 17.9. The zero-order valence-electron chi connectivity index (χ0n) is 14.1. The van der Waals surface area contributed by atoms with E-state index in [0.29, 0.717) is 6.54 Å². The largest absolute Gasteiger partial charge is 0.433 e. The number of carbonyl (C=O) groups is 2. The van der Waals surface area contributed by atoms with Gasteiger partial charge in [0.05, 0.1) is 12.3 Å². The Kier molecular flexibility index (Phi) is 10.8. The van der Waals surface area contributed by atoms with Gasteiger partial charge in [-0.25, -0.2) is 5.43 Å². The first-order chi connectivity index (χ1) is 11.5. The van der Waals surface area contributed by atoms with Crippen LogP contribution >= 0.6 is 12.4 Å². The van der Waals surface area contributed by atoms with Gasteiger partial charge >= 0.3 is 17.7 Å². The van der Waals surface area contributed by atoms with Crippen molar-refractivity contribution < 1.29 is 18.9 Å². The lowest BCUT2D eigenvalue weighted by atomic mass is 10.3. The molecule has 10 nitrogen and oxygen atoms in total. The van der Waals surface area contributed by atoms with Crippen LogP contribution in [0.1, 0.15) is 26.0 Å². The maximum absolute atomic E-state index is 11.5. The molecule has 0 aliphatic rings. The third-order valence-corrected chi connectivity index (χ3v) is 3.19. The SMILES string of the molecule is CCN(CC)CCCNC(=O)C(=O)N/N=C\c1ccc([N+](=O)[O-])o1.Cl. The minimum atomic E-state index is -0.921. The van der Waals surface area contributed by atoms with Gasteiger partial charge in [-0.05, 0) is 32.1 Å². The van der Waals surface area contributed by atoms with Crippen LogP contribution in [0.2, 0.25) is 0 Å². The van der Waals surface area contributed by atoms with E-state index in [2.05, 4.69) is 29.2 Å². The van der Waals surface area contributed by atoms with E-state index in [9.17, 15) is 19.7 Å². The molecule has 0 saturated heterocycles. The Balaban J connectivity index is 0.00000576. The van der Waals surface area contributed by atoms with Crippen molar-refractivity contribution in [2.75, 3.05) is 26.2 Å². The van der Waals surface area contributed by atoms with Crippen LogP contribution in [0, 0.1) is 10.1 Å². The summed E-state index contributed by atoms with van der Waals surface area (Å²) in [6, 6.07) is 2.48. The van der Waals surface area contributed by atoms with E-state index in [0.717, 1.165) is 38.3 Å². The van der Waals surface area contributed by atoms with E-state index in [1.54, 1.807) is 0 Å². The van der Waals surface area contributed by atoms with Crippen molar-refractivity contribution >= 4 is 36.3 Å². The van der Waals surface area contributed by atoms with Crippen molar-refractivity contribution in [3.8, 4) is 0 Å². The summed E-state index contributed by atoms with van der Waals surface area (Å²) in [5.41, 5.74) is 2.02. The number of hydrogen-bond acceptors (Lipinski definition) is 7. The maximum Gasteiger partial charge on any atom is 0.433 e. The molecule has 0 bridgehead atoms. The van der Waals surface area contributed by atoms with E-state index in [1.807, 2.05) is 5.43 Å². The molecule has 0 radical (unpaired) electrons. The molecule has 0 aliphatic carbocycles. The lowest BCUT2D eigenvalue weighted by molar-refractivity contribution is -0.402. The van der Waals surface area contributed by atoms with Gasteiger partial charge in [0.15, 0.2) is 5.76 Å². The first kappa shape index (κ1) is 22.5. The molecule has 11 heteroatoms. The highest BCUT2D eigenvalue weighted by atomic mass is 35.5.